The molecule has 1 heterocycles. The van der Waals surface area contributed by atoms with Crippen molar-refractivity contribution in [2.75, 3.05) is 5.32 Å². The number of anilines is 1. The third kappa shape index (κ3) is 2.96. The number of nitrogens with one attached hydrogen (secondary N) is 1. The molecule has 3 aromatic rings. The first-order valence-corrected chi connectivity index (χ1v) is 6.91. The quantitative estimate of drug-likeness (QED) is 0.777. The maximum Gasteiger partial charge on any atom is 0.250 e. The van der Waals surface area contributed by atoms with Gasteiger partial charge in [0.15, 0.2) is 11.6 Å². The van der Waals surface area contributed by atoms with E-state index in [2.05, 4.69) is 10.3 Å². The summed E-state index contributed by atoms with van der Waals surface area (Å²) in [4.78, 5) is 15.7. The first-order chi connectivity index (χ1) is 11.1. The molecule has 0 saturated heterocycles. The van der Waals surface area contributed by atoms with Crippen LogP contribution in [-0.4, -0.2) is 10.9 Å². The van der Waals surface area contributed by atoms with E-state index in [0.717, 1.165) is 23.2 Å². The molecule has 0 unspecified atom stereocenters. The summed E-state index contributed by atoms with van der Waals surface area (Å²) in [5.41, 5.74) is 7.50. The molecule has 0 saturated carbocycles. The molecule has 0 bridgehead atoms. The number of hydrogen-bond donors (Lipinski definition) is 2. The molecule has 3 rings (SSSR count). The number of fused-ring (bicyclic) bond motifs is 1. The predicted molar refractivity (Wildman–Crippen MR) is 83.9 cm³/mol. The lowest BCUT2D eigenvalue weighted by Gasteiger charge is -2.11. The van der Waals surface area contributed by atoms with Gasteiger partial charge in [-0.3, -0.25) is 9.78 Å². The van der Waals surface area contributed by atoms with Crippen molar-refractivity contribution < 1.29 is 13.6 Å². The third-order valence-corrected chi connectivity index (χ3v) is 3.50. The van der Waals surface area contributed by atoms with Crippen molar-refractivity contribution in [3.63, 3.8) is 0 Å². The molecule has 1 amide bonds. The molecule has 0 spiro atoms. The Hall–Kier alpha value is -3.02. The van der Waals surface area contributed by atoms with Crippen LogP contribution in [0.1, 0.15) is 15.9 Å². The number of hydrogen-bond acceptors (Lipinski definition) is 3. The molecule has 2 aromatic carbocycles. The summed E-state index contributed by atoms with van der Waals surface area (Å²) in [7, 11) is 0. The van der Waals surface area contributed by atoms with Crippen molar-refractivity contribution >= 4 is 22.5 Å². The van der Waals surface area contributed by atoms with E-state index in [0.29, 0.717) is 23.2 Å². The van der Waals surface area contributed by atoms with Gasteiger partial charge in [0.05, 0.1) is 11.1 Å². The molecule has 6 heteroatoms. The smallest absolute Gasteiger partial charge is 0.250 e. The topological polar surface area (TPSA) is 68.0 Å². The number of nitrogens with two attached hydrogens (primary N) is 1. The standard InChI is InChI=1S/C17H13F2N3O/c18-13-5-3-10(8-14(13)19)9-22-15-6-4-12(17(20)23)16-11(15)2-1-7-21-16/h1-8,22H,9H2,(H2,20,23). The van der Waals surface area contributed by atoms with Gasteiger partial charge in [0.25, 0.3) is 5.91 Å². The molecule has 23 heavy (non-hydrogen) atoms. The Labute approximate surface area is 131 Å². The van der Waals surface area contributed by atoms with Gasteiger partial charge in [-0.1, -0.05) is 6.07 Å². The van der Waals surface area contributed by atoms with Crippen molar-refractivity contribution in [1.82, 2.24) is 4.98 Å². The molecule has 0 fully saturated rings. The summed E-state index contributed by atoms with van der Waals surface area (Å²) in [5, 5.41) is 3.86. The zero-order valence-electron chi connectivity index (χ0n) is 12.0. The van der Waals surface area contributed by atoms with E-state index in [9.17, 15) is 13.6 Å². The van der Waals surface area contributed by atoms with E-state index in [1.807, 2.05) is 6.07 Å². The third-order valence-electron chi connectivity index (χ3n) is 3.50. The van der Waals surface area contributed by atoms with Gasteiger partial charge in [-0.15, -0.1) is 0 Å². The van der Waals surface area contributed by atoms with Gasteiger partial charge >= 0.3 is 0 Å². The number of halogens is 2. The molecule has 0 aliphatic carbocycles. The SMILES string of the molecule is NC(=O)c1ccc(NCc2ccc(F)c(F)c2)c2cccnc12. The van der Waals surface area contributed by atoms with Crippen LogP contribution in [0.3, 0.4) is 0 Å². The van der Waals surface area contributed by atoms with Gasteiger partial charge in [0.2, 0.25) is 0 Å². The van der Waals surface area contributed by atoms with Crippen molar-refractivity contribution in [1.29, 1.82) is 0 Å². The van der Waals surface area contributed by atoms with E-state index in [1.54, 1.807) is 24.4 Å². The average Bonchev–Trinajstić information content (AvgIpc) is 2.55. The lowest BCUT2D eigenvalue weighted by atomic mass is 10.1. The second kappa shape index (κ2) is 6.00. The molecular formula is C17H13F2N3O. The molecule has 4 nitrogen and oxygen atoms in total. The highest BCUT2D eigenvalue weighted by molar-refractivity contribution is 6.07. The van der Waals surface area contributed by atoms with Crippen LogP contribution in [0.2, 0.25) is 0 Å². The van der Waals surface area contributed by atoms with E-state index in [-0.39, 0.29) is 0 Å². The predicted octanol–water partition coefficient (Wildman–Crippen LogP) is 3.22. The zero-order chi connectivity index (χ0) is 16.4. The number of rotatable bonds is 4. The van der Waals surface area contributed by atoms with E-state index in [4.69, 9.17) is 5.73 Å². The Morgan fingerprint density at radius 3 is 2.70 bits per heavy atom. The van der Waals surface area contributed by atoms with Gasteiger partial charge in [-0.2, -0.15) is 0 Å². The van der Waals surface area contributed by atoms with E-state index < -0.39 is 17.5 Å². The van der Waals surface area contributed by atoms with Crippen LogP contribution >= 0.6 is 0 Å². The lowest BCUT2D eigenvalue weighted by molar-refractivity contribution is 0.100. The summed E-state index contributed by atoms with van der Waals surface area (Å²) < 4.78 is 26.2. The number of carbonyl (C=O) groups is 1. The minimum absolute atomic E-state index is 0.303. The van der Waals surface area contributed by atoms with E-state index in [1.165, 1.54) is 6.07 Å². The van der Waals surface area contributed by atoms with Crippen molar-refractivity contribution in [3.8, 4) is 0 Å². The summed E-state index contributed by atoms with van der Waals surface area (Å²) >= 11 is 0. The number of amides is 1. The Morgan fingerprint density at radius 1 is 1.13 bits per heavy atom. The summed E-state index contributed by atoms with van der Waals surface area (Å²) in [5.74, 6) is -2.32. The first kappa shape index (κ1) is 14.9. The molecule has 116 valence electrons. The van der Waals surface area contributed by atoms with Crippen LogP contribution < -0.4 is 11.1 Å². The van der Waals surface area contributed by atoms with Gasteiger partial charge in [0.1, 0.15) is 0 Å². The fraction of sp³-hybridized carbons (Fsp3) is 0.0588. The summed E-state index contributed by atoms with van der Waals surface area (Å²) in [6.45, 7) is 0.303. The van der Waals surface area contributed by atoms with Crippen molar-refractivity contribution in [3.05, 3.63) is 71.4 Å². The second-order valence-electron chi connectivity index (χ2n) is 5.03. The summed E-state index contributed by atoms with van der Waals surface area (Å²) in [6.07, 6.45) is 1.58. The van der Waals surface area contributed by atoms with Crippen LogP contribution in [-0.2, 0) is 6.54 Å². The summed E-state index contributed by atoms with van der Waals surface area (Å²) in [6, 6.07) is 10.6. The van der Waals surface area contributed by atoms with Crippen LogP contribution in [0.4, 0.5) is 14.5 Å². The van der Waals surface area contributed by atoms with Crippen molar-refractivity contribution in [2.45, 2.75) is 6.54 Å². The number of benzene rings is 2. The molecule has 0 radical (unpaired) electrons. The Bertz CT molecular complexity index is 896. The highest BCUT2D eigenvalue weighted by Gasteiger charge is 2.11. The molecule has 0 aliphatic rings. The molecule has 3 N–H and O–H groups in total. The van der Waals surface area contributed by atoms with Crippen molar-refractivity contribution in [2.24, 2.45) is 5.73 Å². The number of carbonyl (C=O) groups excluding carboxylic acids is 1. The van der Waals surface area contributed by atoms with Gasteiger partial charge in [0, 0.05) is 23.8 Å². The molecule has 0 aliphatic heterocycles. The number of pyridine rings is 1. The number of aromatic nitrogens is 1. The fourth-order valence-corrected chi connectivity index (χ4v) is 2.37. The normalized spacial score (nSPS) is 10.7. The Kier molecular flexibility index (Phi) is 3.89. The highest BCUT2D eigenvalue weighted by Crippen LogP contribution is 2.25. The molecule has 1 aromatic heterocycles. The lowest BCUT2D eigenvalue weighted by Crippen LogP contribution is -2.12. The zero-order valence-corrected chi connectivity index (χ0v) is 12.0. The van der Waals surface area contributed by atoms with Gasteiger partial charge in [-0.25, -0.2) is 8.78 Å². The van der Waals surface area contributed by atoms with Crippen LogP contribution in [0, 0.1) is 11.6 Å². The second-order valence-corrected chi connectivity index (χ2v) is 5.03. The minimum atomic E-state index is -0.889. The monoisotopic (exact) mass is 313 g/mol. The Balaban J connectivity index is 1.93. The number of primary amides is 1. The van der Waals surface area contributed by atoms with Crippen LogP contribution in [0.15, 0.2) is 48.7 Å². The van der Waals surface area contributed by atoms with Crippen LogP contribution in [0.25, 0.3) is 10.9 Å². The molecular weight excluding hydrogens is 300 g/mol. The maximum atomic E-state index is 13.2. The highest BCUT2D eigenvalue weighted by atomic mass is 19.2. The first-order valence-electron chi connectivity index (χ1n) is 6.91. The van der Waals surface area contributed by atoms with Crippen LogP contribution in [0.5, 0.6) is 0 Å². The maximum absolute atomic E-state index is 13.2. The number of nitrogens with zero attached hydrogens (tertiary/aromatic N) is 1. The Morgan fingerprint density at radius 2 is 1.96 bits per heavy atom. The van der Waals surface area contributed by atoms with E-state index >= 15 is 0 Å². The van der Waals surface area contributed by atoms with Gasteiger partial charge < -0.3 is 11.1 Å². The average molecular weight is 313 g/mol. The fourth-order valence-electron chi connectivity index (χ4n) is 2.37. The molecule has 0 atom stereocenters. The largest absolute Gasteiger partial charge is 0.380 e. The minimum Gasteiger partial charge on any atom is -0.380 e. The van der Waals surface area contributed by atoms with Gasteiger partial charge in [-0.05, 0) is 42.0 Å².